The summed E-state index contributed by atoms with van der Waals surface area (Å²) in [6.45, 7) is 0.875. The van der Waals surface area contributed by atoms with Gasteiger partial charge in [0.1, 0.15) is 5.75 Å². The third-order valence-corrected chi connectivity index (χ3v) is 7.49. The predicted molar refractivity (Wildman–Crippen MR) is 120 cm³/mol. The molecule has 2 saturated heterocycles. The molecular formula is C25H34N4O2. The van der Waals surface area contributed by atoms with Crippen LogP contribution in [0.15, 0.2) is 36.7 Å². The average molecular weight is 423 g/mol. The highest BCUT2D eigenvalue weighted by Crippen LogP contribution is 2.41. The number of amides is 1. The zero-order valence-electron chi connectivity index (χ0n) is 18.5. The number of carbonyl (C=O) groups excluding carboxylic acids is 1. The molecule has 0 radical (unpaired) electrons. The van der Waals surface area contributed by atoms with Crippen molar-refractivity contribution in [3.63, 3.8) is 0 Å². The molecule has 1 aromatic carbocycles. The van der Waals surface area contributed by atoms with Gasteiger partial charge in [0.2, 0.25) is 5.91 Å². The normalized spacial score (nSPS) is 27.5. The molecule has 1 N–H and O–H groups in total. The lowest BCUT2D eigenvalue weighted by atomic mass is 9.96. The number of rotatable bonds is 5. The molecule has 3 heterocycles. The molecule has 0 spiro atoms. The number of aromatic nitrogens is 2. The van der Waals surface area contributed by atoms with E-state index in [0.29, 0.717) is 18.5 Å². The number of hydrogen-bond acceptors (Lipinski definition) is 4. The van der Waals surface area contributed by atoms with Gasteiger partial charge in [0.15, 0.2) is 0 Å². The Bertz CT molecular complexity index is 887. The van der Waals surface area contributed by atoms with Crippen molar-refractivity contribution in [1.29, 1.82) is 0 Å². The Hall–Kier alpha value is -2.34. The molecule has 3 fully saturated rings. The Labute approximate surface area is 185 Å². The molecule has 1 aliphatic carbocycles. The highest BCUT2D eigenvalue weighted by atomic mass is 16.5. The van der Waals surface area contributed by atoms with Crippen molar-refractivity contribution in [2.24, 2.45) is 0 Å². The van der Waals surface area contributed by atoms with Crippen molar-refractivity contribution < 1.29 is 9.53 Å². The summed E-state index contributed by atoms with van der Waals surface area (Å²) in [5, 5.41) is 8.05. The van der Waals surface area contributed by atoms with E-state index in [1.54, 1.807) is 7.11 Å². The topological polar surface area (TPSA) is 59.4 Å². The van der Waals surface area contributed by atoms with E-state index >= 15 is 0 Å². The number of carbonyl (C=O) groups is 1. The number of hydrogen-bond donors (Lipinski definition) is 1. The highest BCUT2D eigenvalue weighted by Gasteiger charge is 2.43. The number of nitrogens with one attached hydrogen (secondary N) is 1. The molecule has 0 bridgehead atoms. The first-order valence-corrected chi connectivity index (χ1v) is 11.9. The molecule has 6 nitrogen and oxygen atoms in total. The molecule has 6 heteroatoms. The van der Waals surface area contributed by atoms with Gasteiger partial charge < -0.3 is 10.1 Å². The summed E-state index contributed by atoms with van der Waals surface area (Å²) in [7, 11) is 1.70. The van der Waals surface area contributed by atoms with E-state index in [4.69, 9.17) is 9.84 Å². The van der Waals surface area contributed by atoms with Gasteiger partial charge in [-0.05, 0) is 49.8 Å². The van der Waals surface area contributed by atoms with Gasteiger partial charge >= 0.3 is 0 Å². The minimum absolute atomic E-state index is 0.202. The lowest BCUT2D eigenvalue weighted by Crippen LogP contribution is -2.42. The molecule has 5 rings (SSSR count). The second kappa shape index (κ2) is 9.03. The second-order valence-corrected chi connectivity index (χ2v) is 9.45. The van der Waals surface area contributed by atoms with Crippen LogP contribution in [0.1, 0.15) is 81.0 Å². The van der Waals surface area contributed by atoms with Crippen molar-refractivity contribution in [2.75, 3.05) is 7.11 Å². The maximum Gasteiger partial charge on any atom is 0.220 e. The van der Waals surface area contributed by atoms with Crippen molar-refractivity contribution >= 4 is 5.91 Å². The number of benzene rings is 1. The van der Waals surface area contributed by atoms with Crippen molar-refractivity contribution in [2.45, 2.75) is 88.5 Å². The quantitative estimate of drug-likeness (QED) is 0.777. The number of fused-ring (bicyclic) bond motifs is 1. The maximum atomic E-state index is 12.2. The minimum atomic E-state index is 0.202. The van der Waals surface area contributed by atoms with Crippen LogP contribution in [0.5, 0.6) is 5.75 Å². The van der Waals surface area contributed by atoms with Gasteiger partial charge in [0.05, 0.1) is 19.3 Å². The zero-order chi connectivity index (χ0) is 21.2. The standard InChI is InChI=1S/C25H34N4O2/c1-31-21-12-10-19(11-13-21)24-14-22-23(8-5-9-25(30)27-22)28(24)16-18-15-26-29(17-18)20-6-3-2-4-7-20/h10-13,15,17,20,22-24H,2-9,14,16H2,1H3,(H,27,30)/t22-,23+,24+/m0/s1. The van der Waals surface area contributed by atoms with E-state index in [9.17, 15) is 4.79 Å². The van der Waals surface area contributed by atoms with Gasteiger partial charge in [-0.3, -0.25) is 14.4 Å². The molecule has 1 amide bonds. The van der Waals surface area contributed by atoms with E-state index in [-0.39, 0.29) is 18.0 Å². The van der Waals surface area contributed by atoms with Crippen LogP contribution >= 0.6 is 0 Å². The first-order valence-electron chi connectivity index (χ1n) is 11.9. The summed E-state index contributed by atoms with van der Waals surface area (Å²) in [6, 6.07) is 9.88. The van der Waals surface area contributed by atoms with Crippen LogP contribution in [0, 0.1) is 0 Å². The first-order chi connectivity index (χ1) is 15.2. The summed E-state index contributed by atoms with van der Waals surface area (Å²) in [5.41, 5.74) is 2.57. The maximum absolute atomic E-state index is 12.2. The Balaban J connectivity index is 1.39. The Morgan fingerprint density at radius 2 is 1.90 bits per heavy atom. The van der Waals surface area contributed by atoms with Gasteiger partial charge in [-0.15, -0.1) is 0 Å². The molecule has 3 aliphatic rings. The van der Waals surface area contributed by atoms with Gasteiger partial charge in [0.25, 0.3) is 0 Å². The monoisotopic (exact) mass is 422 g/mol. The van der Waals surface area contributed by atoms with E-state index < -0.39 is 0 Å². The minimum Gasteiger partial charge on any atom is -0.497 e. The van der Waals surface area contributed by atoms with Crippen molar-refractivity contribution in [3.05, 3.63) is 47.8 Å². The lowest BCUT2D eigenvalue weighted by molar-refractivity contribution is -0.121. The van der Waals surface area contributed by atoms with E-state index in [1.807, 2.05) is 12.1 Å². The van der Waals surface area contributed by atoms with Crippen LogP contribution in [0.25, 0.3) is 0 Å². The van der Waals surface area contributed by atoms with Gasteiger partial charge in [0, 0.05) is 42.9 Å². The van der Waals surface area contributed by atoms with Crippen LogP contribution < -0.4 is 10.1 Å². The Kier molecular flexibility index (Phi) is 5.99. The second-order valence-electron chi connectivity index (χ2n) is 9.45. The van der Waals surface area contributed by atoms with Crippen LogP contribution in [0.3, 0.4) is 0 Å². The predicted octanol–water partition coefficient (Wildman–Crippen LogP) is 4.38. The van der Waals surface area contributed by atoms with Crippen LogP contribution in [0.2, 0.25) is 0 Å². The van der Waals surface area contributed by atoms with Crippen molar-refractivity contribution in [1.82, 2.24) is 20.0 Å². The highest BCUT2D eigenvalue weighted by molar-refractivity contribution is 5.76. The molecule has 1 saturated carbocycles. The van der Waals surface area contributed by atoms with Gasteiger partial charge in [-0.2, -0.15) is 5.10 Å². The lowest BCUT2D eigenvalue weighted by Gasteiger charge is -2.31. The van der Waals surface area contributed by atoms with Crippen LogP contribution in [-0.2, 0) is 11.3 Å². The third-order valence-electron chi connectivity index (χ3n) is 7.49. The molecule has 0 unspecified atom stereocenters. The number of likely N-dealkylation sites (tertiary alicyclic amines) is 1. The smallest absolute Gasteiger partial charge is 0.220 e. The van der Waals surface area contributed by atoms with Crippen LogP contribution in [-0.4, -0.2) is 39.8 Å². The fraction of sp³-hybridized carbons (Fsp3) is 0.600. The van der Waals surface area contributed by atoms with E-state index in [1.165, 1.54) is 43.2 Å². The fourth-order valence-electron chi connectivity index (χ4n) is 5.86. The largest absolute Gasteiger partial charge is 0.497 e. The number of nitrogens with zero attached hydrogens (tertiary/aromatic N) is 3. The molecule has 1 aromatic heterocycles. The molecule has 31 heavy (non-hydrogen) atoms. The van der Waals surface area contributed by atoms with Crippen LogP contribution in [0.4, 0.5) is 0 Å². The number of methoxy groups -OCH3 is 1. The first kappa shape index (κ1) is 20.6. The summed E-state index contributed by atoms with van der Waals surface area (Å²) in [4.78, 5) is 14.8. The van der Waals surface area contributed by atoms with Crippen molar-refractivity contribution in [3.8, 4) is 5.75 Å². The summed E-state index contributed by atoms with van der Waals surface area (Å²) >= 11 is 0. The van der Waals surface area contributed by atoms with E-state index in [0.717, 1.165) is 31.6 Å². The zero-order valence-corrected chi connectivity index (χ0v) is 18.5. The molecular weight excluding hydrogens is 388 g/mol. The summed E-state index contributed by atoms with van der Waals surface area (Å²) < 4.78 is 7.57. The Morgan fingerprint density at radius 1 is 1.10 bits per heavy atom. The average Bonchev–Trinajstić information content (AvgIpc) is 3.35. The molecule has 2 aliphatic heterocycles. The summed E-state index contributed by atoms with van der Waals surface area (Å²) in [6.07, 6.45) is 14.4. The third kappa shape index (κ3) is 4.36. The SMILES string of the molecule is COc1ccc([C@H]2C[C@@H]3NC(=O)CCC[C@H]3N2Cc2cnn(C3CCCCC3)c2)cc1. The Morgan fingerprint density at radius 3 is 2.68 bits per heavy atom. The van der Waals surface area contributed by atoms with Gasteiger partial charge in [-0.25, -0.2) is 0 Å². The van der Waals surface area contributed by atoms with Gasteiger partial charge in [-0.1, -0.05) is 31.4 Å². The molecule has 2 aromatic rings. The molecule has 3 atom stereocenters. The molecule has 166 valence electrons. The van der Waals surface area contributed by atoms with E-state index in [2.05, 4.69) is 39.4 Å². The fourth-order valence-corrected chi connectivity index (χ4v) is 5.86. The summed E-state index contributed by atoms with van der Waals surface area (Å²) in [5.74, 6) is 1.08. The number of ether oxygens (including phenoxy) is 1.